The summed E-state index contributed by atoms with van der Waals surface area (Å²) in [4.78, 5) is 22.7. The number of hydrogen-bond acceptors (Lipinski definition) is 4. The third kappa shape index (κ3) is 4.15. The minimum atomic E-state index is -1.07. The molecule has 1 aromatic rings. The van der Waals surface area contributed by atoms with Gasteiger partial charge in [0.05, 0.1) is 12.7 Å². The number of carboxylic acid groups (broad SMARTS) is 1. The second-order valence-electron chi connectivity index (χ2n) is 4.59. The Hall–Kier alpha value is -2.24. The van der Waals surface area contributed by atoms with E-state index in [0.717, 1.165) is 0 Å². The molecule has 0 saturated carbocycles. The number of rotatable bonds is 6. The Labute approximate surface area is 117 Å². The van der Waals surface area contributed by atoms with Gasteiger partial charge in [0.1, 0.15) is 0 Å². The number of carboxylic acids is 1. The number of carbonyl (C=O) groups excluding carboxylic acids is 1. The van der Waals surface area contributed by atoms with E-state index in [-0.39, 0.29) is 23.3 Å². The molecule has 0 radical (unpaired) electrons. The number of ether oxygens (including phenoxy) is 2. The quantitative estimate of drug-likeness (QED) is 0.828. The van der Waals surface area contributed by atoms with Crippen molar-refractivity contribution < 1.29 is 24.2 Å². The standard InChI is InChI=1S/C14H19NO5/c1-8(2)15-13(16)9(3)20-12-7-10(14(17)18)5-6-11(12)19-4/h5-9H,1-4H3,(H,15,16)(H,17,18). The Morgan fingerprint density at radius 3 is 2.35 bits per heavy atom. The summed E-state index contributed by atoms with van der Waals surface area (Å²) in [6.45, 7) is 5.27. The van der Waals surface area contributed by atoms with Gasteiger partial charge in [0.25, 0.3) is 5.91 Å². The van der Waals surface area contributed by atoms with Crippen molar-refractivity contribution >= 4 is 11.9 Å². The van der Waals surface area contributed by atoms with Gasteiger partial charge in [-0.05, 0) is 39.0 Å². The van der Waals surface area contributed by atoms with Gasteiger partial charge in [0.2, 0.25) is 0 Å². The van der Waals surface area contributed by atoms with Crippen LogP contribution in [-0.2, 0) is 4.79 Å². The van der Waals surface area contributed by atoms with Crippen LogP contribution >= 0.6 is 0 Å². The van der Waals surface area contributed by atoms with E-state index >= 15 is 0 Å². The van der Waals surface area contributed by atoms with Crippen LogP contribution < -0.4 is 14.8 Å². The number of carbonyl (C=O) groups is 2. The highest BCUT2D eigenvalue weighted by molar-refractivity contribution is 5.88. The Balaban J connectivity index is 2.92. The highest BCUT2D eigenvalue weighted by Crippen LogP contribution is 2.29. The molecular formula is C14H19NO5. The molecule has 0 aromatic heterocycles. The summed E-state index contributed by atoms with van der Waals surface area (Å²) in [5, 5.41) is 11.7. The average Bonchev–Trinajstić information content (AvgIpc) is 2.37. The van der Waals surface area contributed by atoms with Gasteiger partial charge < -0.3 is 19.9 Å². The molecule has 0 aliphatic carbocycles. The Morgan fingerprint density at radius 2 is 1.85 bits per heavy atom. The molecule has 1 unspecified atom stereocenters. The molecule has 0 fully saturated rings. The van der Waals surface area contributed by atoms with Crippen molar-refractivity contribution in [2.75, 3.05) is 7.11 Å². The molecule has 6 heteroatoms. The number of amides is 1. The Kier molecular flexibility index (Phi) is 5.37. The first kappa shape index (κ1) is 15.8. The molecule has 110 valence electrons. The number of benzene rings is 1. The van der Waals surface area contributed by atoms with Crippen LogP contribution in [0.25, 0.3) is 0 Å². The van der Waals surface area contributed by atoms with E-state index < -0.39 is 12.1 Å². The van der Waals surface area contributed by atoms with Crippen LogP contribution in [-0.4, -0.2) is 36.2 Å². The van der Waals surface area contributed by atoms with Crippen molar-refractivity contribution in [2.45, 2.75) is 32.9 Å². The molecule has 1 aromatic carbocycles. The van der Waals surface area contributed by atoms with Gasteiger partial charge in [-0.25, -0.2) is 4.79 Å². The zero-order valence-electron chi connectivity index (χ0n) is 12.0. The van der Waals surface area contributed by atoms with Crippen LogP contribution in [0.5, 0.6) is 11.5 Å². The lowest BCUT2D eigenvalue weighted by atomic mass is 10.2. The fourth-order valence-corrected chi connectivity index (χ4v) is 1.55. The molecule has 0 heterocycles. The van der Waals surface area contributed by atoms with E-state index in [1.807, 2.05) is 13.8 Å². The van der Waals surface area contributed by atoms with Crippen molar-refractivity contribution in [3.8, 4) is 11.5 Å². The third-order valence-electron chi connectivity index (χ3n) is 2.51. The van der Waals surface area contributed by atoms with E-state index in [1.54, 1.807) is 6.92 Å². The van der Waals surface area contributed by atoms with E-state index in [4.69, 9.17) is 14.6 Å². The fraction of sp³-hybridized carbons (Fsp3) is 0.429. The molecule has 1 rings (SSSR count). The van der Waals surface area contributed by atoms with Crippen molar-refractivity contribution in [2.24, 2.45) is 0 Å². The monoisotopic (exact) mass is 281 g/mol. The smallest absolute Gasteiger partial charge is 0.335 e. The first-order chi connectivity index (χ1) is 9.35. The predicted octanol–water partition coefficient (Wildman–Crippen LogP) is 1.69. The van der Waals surface area contributed by atoms with Crippen LogP contribution in [0, 0.1) is 0 Å². The van der Waals surface area contributed by atoms with E-state index in [2.05, 4.69) is 5.32 Å². The molecule has 0 spiro atoms. The lowest BCUT2D eigenvalue weighted by molar-refractivity contribution is -0.127. The lowest BCUT2D eigenvalue weighted by Crippen LogP contribution is -2.40. The summed E-state index contributed by atoms with van der Waals surface area (Å²) in [7, 11) is 1.45. The van der Waals surface area contributed by atoms with Gasteiger partial charge in [0, 0.05) is 6.04 Å². The summed E-state index contributed by atoms with van der Waals surface area (Å²) in [5.74, 6) is -0.752. The second kappa shape index (κ2) is 6.79. The van der Waals surface area contributed by atoms with Crippen LogP contribution in [0.2, 0.25) is 0 Å². The average molecular weight is 281 g/mol. The number of aromatic carboxylic acids is 1. The maximum atomic E-state index is 11.8. The minimum absolute atomic E-state index is 0.000740. The lowest BCUT2D eigenvalue weighted by Gasteiger charge is -2.18. The minimum Gasteiger partial charge on any atom is -0.493 e. The molecule has 20 heavy (non-hydrogen) atoms. The maximum Gasteiger partial charge on any atom is 0.335 e. The topological polar surface area (TPSA) is 84.9 Å². The molecule has 1 amide bonds. The fourth-order valence-electron chi connectivity index (χ4n) is 1.55. The molecule has 0 aliphatic heterocycles. The highest BCUT2D eigenvalue weighted by Gasteiger charge is 2.18. The first-order valence-corrected chi connectivity index (χ1v) is 6.23. The van der Waals surface area contributed by atoms with Gasteiger partial charge in [-0.3, -0.25) is 4.79 Å². The van der Waals surface area contributed by atoms with Crippen molar-refractivity contribution in [1.82, 2.24) is 5.32 Å². The summed E-state index contributed by atoms with van der Waals surface area (Å²) in [5.41, 5.74) is 0.0669. The molecule has 1 atom stereocenters. The summed E-state index contributed by atoms with van der Waals surface area (Å²) in [6, 6.07) is 4.24. The number of nitrogens with one attached hydrogen (secondary N) is 1. The van der Waals surface area contributed by atoms with Gasteiger partial charge in [-0.15, -0.1) is 0 Å². The van der Waals surface area contributed by atoms with Crippen LogP contribution in [0.4, 0.5) is 0 Å². The van der Waals surface area contributed by atoms with Gasteiger partial charge in [0.15, 0.2) is 17.6 Å². The predicted molar refractivity (Wildman–Crippen MR) is 73.3 cm³/mol. The SMILES string of the molecule is COc1ccc(C(=O)O)cc1OC(C)C(=O)NC(C)C. The van der Waals surface area contributed by atoms with Gasteiger partial charge in [-0.1, -0.05) is 0 Å². The van der Waals surface area contributed by atoms with Crippen molar-refractivity contribution in [1.29, 1.82) is 0 Å². The van der Waals surface area contributed by atoms with Gasteiger partial charge in [-0.2, -0.15) is 0 Å². The molecule has 2 N–H and O–H groups in total. The van der Waals surface area contributed by atoms with E-state index in [9.17, 15) is 9.59 Å². The molecule has 0 bridgehead atoms. The normalized spacial score (nSPS) is 11.8. The van der Waals surface area contributed by atoms with Crippen molar-refractivity contribution in [3.05, 3.63) is 23.8 Å². The summed E-state index contributed by atoms with van der Waals surface area (Å²) < 4.78 is 10.6. The zero-order chi connectivity index (χ0) is 15.3. The highest BCUT2D eigenvalue weighted by atomic mass is 16.5. The van der Waals surface area contributed by atoms with Crippen LogP contribution in [0.1, 0.15) is 31.1 Å². The summed E-state index contributed by atoms with van der Waals surface area (Å²) >= 11 is 0. The molecule has 0 aliphatic rings. The van der Waals surface area contributed by atoms with E-state index in [1.165, 1.54) is 25.3 Å². The Morgan fingerprint density at radius 1 is 1.20 bits per heavy atom. The Bertz CT molecular complexity index is 498. The molecule has 6 nitrogen and oxygen atoms in total. The van der Waals surface area contributed by atoms with Crippen LogP contribution in [0.3, 0.4) is 0 Å². The summed E-state index contributed by atoms with van der Waals surface area (Å²) in [6.07, 6.45) is -0.754. The number of hydrogen-bond donors (Lipinski definition) is 2. The first-order valence-electron chi connectivity index (χ1n) is 6.23. The molecular weight excluding hydrogens is 262 g/mol. The van der Waals surface area contributed by atoms with E-state index in [0.29, 0.717) is 5.75 Å². The van der Waals surface area contributed by atoms with Gasteiger partial charge >= 0.3 is 5.97 Å². The third-order valence-corrected chi connectivity index (χ3v) is 2.51. The maximum absolute atomic E-state index is 11.8. The zero-order valence-corrected chi connectivity index (χ0v) is 12.0. The van der Waals surface area contributed by atoms with Crippen molar-refractivity contribution in [3.63, 3.8) is 0 Å². The molecule has 0 saturated heterocycles. The van der Waals surface area contributed by atoms with Crippen LogP contribution in [0.15, 0.2) is 18.2 Å². The second-order valence-corrected chi connectivity index (χ2v) is 4.59. The largest absolute Gasteiger partial charge is 0.493 e. The number of methoxy groups -OCH3 is 1.